The van der Waals surface area contributed by atoms with Gasteiger partial charge in [-0.25, -0.2) is 14.4 Å². The van der Waals surface area contributed by atoms with E-state index in [0.717, 1.165) is 75.5 Å². The van der Waals surface area contributed by atoms with Crippen LogP contribution in [-0.4, -0.2) is 40.7 Å². The van der Waals surface area contributed by atoms with Crippen LogP contribution in [0.3, 0.4) is 0 Å². The minimum absolute atomic E-state index is 0.00154. The molecule has 0 aromatic carbocycles. The van der Waals surface area contributed by atoms with Crippen molar-refractivity contribution in [2.75, 3.05) is 11.9 Å². The Labute approximate surface area is 182 Å². The van der Waals surface area contributed by atoms with Gasteiger partial charge in [0.25, 0.3) is 0 Å². The van der Waals surface area contributed by atoms with E-state index in [1.807, 2.05) is 6.20 Å². The van der Waals surface area contributed by atoms with Crippen molar-refractivity contribution in [1.29, 1.82) is 0 Å². The van der Waals surface area contributed by atoms with Gasteiger partial charge in [-0.05, 0) is 37.7 Å². The molecule has 2 aliphatic carbocycles. The van der Waals surface area contributed by atoms with Crippen molar-refractivity contribution in [2.24, 2.45) is 5.92 Å². The Morgan fingerprint density at radius 2 is 1.87 bits per heavy atom. The maximum Gasteiger partial charge on any atom is 0.223 e. The lowest BCUT2D eigenvalue weighted by atomic mass is 9.89. The lowest BCUT2D eigenvalue weighted by molar-refractivity contribution is -0.125. The Kier molecular flexibility index (Phi) is 5.89. The topological polar surface area (TPSA) is 91.0 Å². The molecule has 8 heteroatoms. The maximum atomic E-state index is 14.6. The first kappa shape index (κ1) is 20.4. The summed E-state index contributed by atoms with van der Waals surface area (Å²) in [5.41, 5.74) is 2.01. The number of nitrogens with one attached hydrogen (secondary N) is 4. The van der Waals surface area contributed by atoms with E-state index in [9.17, 15) is 9.18 Å². The second-order valence-electron chi connectivity index (χ2n) is 9.08. The SMILES string of the molecule is O=C(NC1CCCCC1Nc1nc(C2=CNC3NCCC=C23)ncc1F)C1CCCC1. The largest absolute Gasteiger partial charge is 0.371 e. The first-order valence-corrected chi connectivity index (χ1v) is 11.7. The zero-order chi connectivity index (χ0) is 21.2. The van der Waals surface area contributed by atoms with Gasteiger partial charge in [0, 0.05) is 36.3 Å². The highest BCUT2D eigenvalue weighted by molar-refractivity contribution is 5.80. The third-order valence-corrected chi connectivity index (χ3v) is 7.00. The second kappa shape index (κ2) is 8.94. The Hall–Kier alpha value is -2.48. The number of rotatable bonds is 5. The van der Waals surface area contributed by atoms with Crippen molar-refractivity contribution in [3.63, 3.8) is 0 Å². The minimum atomic E-state index is -0.464. The number of carbonyl (C=O) groups is 1. The van der Waals surface area contributed by atoms with Crippen LogP contribution in [0.4, 0.5) is 10.2 Å². The van der Waals surface area contributed by atoms with Crippen molar-refractivity contribution in [3.05, 3.63) is 35.7 Å². The summed E-state index contributed by atoms with van der Waals surface area (Å²) in [4.78, 5) is 21.5. The zero-order valence-electron chi connectivity index (χ0n) is 17.8. The molecule has 1 amide bonds. The highest BCUT2D eigenvalue weighted by Gasteiger charge is 2.32. The first-order valence-electron chi connectivity index (χ1n) is 11.7. The monoisotopic (exact) mass is 426 g/mol. The number of hydrogen-bond donors (Lipinski definition) is 4. The number of aromatic nitrogens is 2. The second-order valence-corrected chi connectivity index (χ2v) is 9.08. The summed E-state index contributed by atoms with van der Waals surface area (Å²) in [6.07, 6.45) is 14.5. The van der Waals surface area contributed by atoms with E-state index in [0.29, 0.717) is 5.82 Å². The van der Waals surface area contributed by atoms with E-state index >= 15 is 0 Å². The Morgan fingerprint density at radius 3 is 2.71 bits per heavy atom. The minimum Gasteiger partial charge on any atom is -0.371 e. The molecule has 5 rings (SSSR count). The quantitative estimate of drug-likeness (QED) is 0.579. The smallest absolute Gasteiger partial charge is 0.223 e. The summed E-state index contributed by atoms with van der Waals surface area (Å²) in [5.74, 6) is 0.554. The van der Waals surface area contributed by atoms with Gasteiger partial charge in [-0.1, -0.05) is 31.8 Å². The molecule has 4 aliphatic rings. The highest BCUT2D eigenvalue weighted by atomic mass is 19.1. The Balaban J connectivity index is 1.32. The van der Waals surface area contributed by atoms with Gasteiger partial charge in [0.1, 0.15) is 6.17 Å². The van der Waals surface area contributed by atoms with E-state index in [4.69, 9.17) is 0 Å². The fraction of sp³-hybridized carbons (Fsp3) is 0.609. The molecular weight excluding hydrogens is 395 g/mol. The lowest BCUT2D eigenvalue weighted by Crippen LogP contribution is -2.50. The highest BCUT2D eigenvalue weighted by Crippen LogP contribution is 2.31. The molecule has 166 valence electrons. The molecule has 1 aromatic rings. The van der Waals surface area contributed by atoms with Gasteiger partial charge < -0.3 is 16.0 Å². The third kappa shape index (κ3) is 4.31. The van der Waals surface area contributed by atoms with Crippen LogP contribution >= 0.6 is 0 Å². The van der Waals surface area contributed by atoms with Crippen LogP contribution in [0.25, 0.3) is 5.57 Å². The number of halogens is 1. The summed E-state index contributed by atoms with van der Waals surface area (Å²) in [7, 11) is 0. The van der Waals surface area contributed by atoms with Crippen molar-refractivity contribution in [2.45, 2.75) is 76.0 Å². The molecule has 4 N–H and O–H groups in total. The molecule has 0 saturated heterocycles. The zero-order valence-corrected chi connectivity index (χ0v) is 17.8. The number of fused-ring (bicyclic) bond motifs is 1. The van der Waals surface area contributed by atoms with Crippen LogP contribution in [0.2, 0.25) is 0 Å². The lowest BCUT2D eigenvalue weighted by Gasteiger charge is -2.34. The molecule has 2 saturated carbocycles. The third-order valence-electron chi connectivity index (χ3n) is 7.00. The van der Waals surface area contributed by atoms with Crippen LogP contribution in [0.1, 0.15) is 63.6 Å². The van der Waals surface area contributed by atoms with Crippen LogP contribution in [0.15, 0.2) is 24.0 Å². The molecular formula is C23H31FN6O. The molecule has 2 fully saturated rings. The van der Waals surface area contributed by atoms with Crippen LogP contribution in [0.5, 0.6) is 0 Å². The fourth-order valence-electron chi connectivity index (χ4n) is 5.28. The summed E-state index contributed by atoms with van der Waals surface area (Å²) in [5, 5.41) is 13.3. The molecule has 3 heterocycles. The molecule has 7 nitrogen and oxygen atoms in total. The summed E-state index contributed by atoms with van der Waals surface area (Å²) in [6.45, 7) is 0.926. The normalized spacial score (nSPS) is 28.4. The first-order chi connectivity index (χ1) is 15.2. The van der Waals surface area contributed by atoms with Crippen LogP contribution in [0, 0.1) is 11.7 Å². The van der Waals surface area contributed by atoms with Gasteiger partial charge in [-0.3, -0.25) is 10.1 Å². The molecule has 3 unspecified atom stereocenters. The van der Waals surface area contributed by atoms with E-state index in [1.54, 1.807) is 0 Å². The Bertz CT molecular complexity index is 894. The van der Waals surface area contributed by atoms with Gasteiger partial charge in [-0.2, -0.15) is 0 Å². The van der Waals surface area contributed by atoms with Gasteiger partial charge >= 0.3 is 0 Å². The Morgan fingerprint density at radius 1 is 1.10 bits per heavy atom. The molecule has 3 atom stereocenters. The van der Waals surface area contributed by atoms with E-state index in [-0.39, 0.29) is 35.9 Å². The van der Waals surface area contributed by atoms with Gasteiger partial charge in [0.15, 0.2) is 17.5 Å². The van der Waals surface area contributed by atoms with E-state index in [2.05, 4.69) is 37.3 Å². The number of amides is 1. The van der Waals surface area contributed by atoms with Crippen LogP contribution in [-0.2, 0) is 4.79 Å². The van der Waals surface area contributed by atoms with Gasteiger partial charge in [-0.15, -0.1) is 0 Å². The average Bonchev–Trinajstić information content (AvgIpc) is 3.47. The summed E-state index contributed by atoms with van der Waals surface area (Å²) < 4.78 is 14.6. The molecule has 1 aromatic heterocycles. The standard InChI is InChI=1S/C23H31FN6O/c24-17-13-27-21(16-12-26-20-15(16)8-5-11-25-20)30-22(17)28-18-9-3-4-10-19(18)29-23(31)14-6-1-2-7-14/h8,12-14,18-20,25-26H,1-7,9-11H2,(H,29,31)(H,27,28,30). The predicted octanol–water partition coefficient (Wildman–Crippen LogP) is 2.84. The van der Waals surface area contributed by atoms with E-state index < -0.39 is 5.82 Å². The van der Waals surface area contributed by atoms with Gasteiger partial charge in [0.2, 0.25) is 5.91 Å². The predicted molar refractivity (Wildman–Crippen MR) is 117 cm³/mol. The molecule has 0 radical (unpaired) electrons. The number of hydrogen-bond acceptors (Lipinski definition) is 6. The van der Waals surface area contributed by atoms with Crippen LogP contribution < -0.4 is 21.3 Å². The molecule has 0 bridgehead atoms. The number of anilines is 1. The number of carbonyl (C=O) groups excluding carboxylic acids is 1. The van der Waals surface area contributed by atoms with E-state index in [1.165, 1.54) is 6.20 Å². The summed E-state index contributed by atoms with van der Waals surface area (Å²) >= 11 is 0. The molecule has 31 heavy (non-hydrogen) atoms. The van der Waals surface area contributed by atoms with Gasteiger partial charge in [0.05, 0.1) is 6.20 Å². The maximum absolute atomic E-state index is 14.6. The van der Waals surface area contributed by atoms with Crippen molar-refractivity contribution >= 4 is 17.3 Å². The van der Waals surface area contributed by atoms with Crippen molar-refractivity contribution in [3.8, 4) is 0 Å². The molecule has 0 spiro atoms. The number of nitrogens with zero attached hydrogens (tertiary/aromatic N) is 2. The average molecular weight is 427 g/mol. The molecule has 2 aliphatic heterocycles. The van der Waals surface area contributed by atoms with Crippen molar-refractivity contribution < 1.29 is 9.18 Å². The van der Waals surface area contributed by atoms with Crippen molar-refractivity contribution in [1.82, 2.24) is 25.9 Å². The fourth-order valence-corrected chi connectivity index (χ4v) is 5.28. The summed E-state index contributed by atoms with van der Waals surface area (Å²) in [6, 6.07) is -0.0305.